The van der Waals surface area contributed by atoms with Gasteiger partial charge in [0.25, 0.3) is 0 Å². The molecule has 7 heteroatoms. The summed E-state index contributed by atoms with van der Waals surface area (Å²) in [5, 5.41) is 12.3. The number of carboxylic acids is 1. The average Bonchev–Trinajstić information content (AvgIpc) is 3.26. The van der Waals surface area contributed by atoms with Crippen molar-refractivity contribution in [1.82, 2.24) is 9.47 Å². The number of ether oxygens (including phenoxy) is 1. The van der Waals surface area contributed by atoms with Crippen molar-refractivity contribution in [3.63, 3.8) is 0 Å². The Labute approximate surface area is 263 Å². The molecule has 5 nitrogen and oxygen atoms in total. The van der Waals surface area contributed by atoms with Crippen molar-refractivity contribution in [2.45, 2.75) is 62.8 Å². The summed E-state index contributed by atoms with van der Waals surface area (Å²) in [7, 11) is 2.18. The van der Waals surface area contributed by atoms with E-state index in [0.717, 1.165) is 41.9 Å². The van der Waals surface area contributed by atoms with Crippen LogP contribution in [0.5, 0.6) is 5.75 Å². The van der Waals surface area contributed by atoms with E-state index in [1.165, 1.54) is 27.0 Å². The maximum atomic E-state index is 12.3. The van der Waals surface area contributed by atoms with E-state index in [1.807, 2.05) is 49.9 Å². The Hall–Kier alpha value is -3.19. The first kappa shape index (κ1) is 29.9. The van der Waals surface area contributed by atoms with Crippen LogP contribution >= 0.6 is 23.4 Å². The van der Waals surface area contributed by atoms with E-state index in [4.69, 9.17) is 16.3 Å². The maximum Gasteiger partial charge on any atom is 0.309 e. The first-order valence-corrected chi connectivity index (χ1v) is 16.3. The van der Waals surface area contributed by atoms with Gasteiger partial charge in [0, 0.05) is 57.4 Å². The lowest BCUT2D eigenvalue weighted by atomic mass is 9.87. The molecule has 0 amide bonds. The highest BCUT2D eigenvalue weighted by molar-refractivity contribution is 8.00. The number of likely N-dealkylation sites (N-methyl/N-ethyl adjacent to an activating group) is 1. The number of benzene rings is 3. The predicted octanol–water partition coefficient (Wildman–Crippen LogP) is 8.20. The van der Waals surface area contributed by atoms with Crippen molar-refractivity contribution in [1.29, 1.82) is 0 Å². The molecule has 0 aliphatic carbocycles. The van der Waals surface area contributed by atoms with Crippen molar-refractivity contribution in [3.05, 3.63) is 100 Å². The van der Waals surface area contributed by atoms with Crippen LogP contribution in [0, 0.1) is 5.41 Å². The van der Waals surface area contributed by atoms with E-state index in [0.29, 0.717) is 35.9 Å². The molecule has 1 N–H and O–H groups in total. The fraction of sp³-hybridized carbons (Fsp3) is 0.361. The minimum absolute atomic E-state index is 0.298. The number of halogens is 1. The van der Waals surface area contributed by atoms with Crippen LogP contribution < -0.4 is 4.74 Å². The van der Waals surface area contributed by atoms with Crippen LogP contribution in [0.4, 0.5) is 0 Å². The molecule has 1 aromatic heterocycles. The van der Waals surface area contributed by atoms with Crippen molar-refractivity contribution in [3.8, 4) is 5.75 Å². The molecule has 43 heavy (non-hydrogen) atoms. The number of aliphatic carboxylic acids is 1. The second kappa shape index (κ2) is 12.1. The van der Waals surface area contributed by atoms with Crippen LogP contribution in [0.25, 0.3) is 16.5 Å². The first-order valence-electron chi connectivity index (χ1n) is 15.0. The smallest absolute Gasteiger partial charge is 0.309 e. The molecule has 0 bridgehead atoms. The number of hydrogen-bond acceptors (Lipinski definition) is 4. The summed E-state index contributed by atoms with van der Waals surface area (Å²) in [6.07, 6.45) is 4.66. The third kappa shape index (κ3) is 6.11. The molecule has 0 fully saturated rings. The van der Waals surface area contributed by atoms with Gasteiger partial charge in [-0.05, 0) is 74.7 Å². The Kier molecular flexibility index (Phi) is 8.38. The standard InChI is InChI=1S/C36H39ClN2O3S/c1-23-18-29-32(42-22-28-15-12-26(21-38(28)4)25-8-6-5-7-9-25)17-16-30-33(29)34(43-23)31(19-36(2,3)35(40)41)39(30)20-24-10-13-27(37)14-11-24/h5-14,16-17,23,28H,15,18-22H2,1-4H3,(H,40,41). The van der Waals surface area contributed by atoms with Crippen LogP contribution in [-0.2, 0) is 24.2 Å². The number of carbonyl (C=O) groups is 1. The Morgan fingerprint density at radius 2 is 1.84 bits per heavy atom. The fourth-order valence-electron chi connectivity index (χ4n) is 6.29. The minimum atomic E-state index is -0.902. The van der Waals surface area contributed by atoms with Crippen LogP contribution in [0.3, 0.4) is 0 Å². The Bertz CT molecular complexity index is 1680. The third-order valence-corrected chi connectivity index (χ3v) is 10.4. The molecule has 6 rings (SSSR count). The molecule has 2 aliphatic rings. The normalized spacial score (nSPS) is 19.0. The number of nitrogens with zero attached hydrogens (tertiary/aromatic N) is 2. The zero-order chi connectivity index (χ0) is 30.3. The van der Waals surface area contributed by atoms with Gasteiger partial charge in [-0.1, -0.05) is 67.1 Å². The molecule has 3 heterocycles. The molecule has 2 atom stereocenters. The van der Waals surface area contributed by atoms with Crippen LogP contribution in [0.2, 0.25) is 5.02 Å². The van der Waals surface area contributed by atoms with E-state index >= 15 is 0 Å². The number of rotatable bonds is 9. The first-order chi connectivity index (χ1) is 20.6. The minimum Gasteiger partial charge on any atom is -0.492 e. The average molecular weight is 615 g/mol. The molecule has 2 aliphatic heterocycles. The lowest BCUT2D eigenvalue weighted by Crippen LogP contribution is -2.39. The van der Waals surface area contributed by atoms with Crippen molar-refractivity contribution >= 4 is 45.8 Å². The summed E-state index contributed by atoms with van der Waals surface area (Å²) in [6, 6.07) is 23.1. The topological polar surface area (TPSA) is 54.7 Å². The molecule has 0 radical (unpaired) electrons. The SMILES string of the molecule is CC1Cc2c(OCC3CC=C(c4ccccc4)CN3C)ccc3c2c(c(CC(C)(C)C(=O)O)n3Cc2ccc(Cl)cc2)S1. The monoisotopic (exact) mass is 614 g/mol. The van der Waals surface area contributed by atoms with Gasteiger partial charge >= 0.3 is 5.97 Å². The zero-order valence-electron chi connectivity index (χ0n) is 25.3. The maximum absolute atomic E-state index is 12.3. The molecule has 4 aromatic rings. The Balaban J connectivity index is 1.34. The molecule has 0 spiro atoms. The van der Waals surface area contributed by atoms with Gasteiger partial charge in [-0.2, -0.15) is 0 Å². The highest BCUT2D eigenvalue weighted by Gasteiger charge is 2.35. The molecular weight excluding hydrogens is 576 g/mol. The van der Waals surface area contributed by atoms with Crippen molar-refractivity contribution in [2.75, 3.05) is 20.2 Å². The van der Waals surface area contributed by atoms with Crippen LogP contribution in [0.15, 0.2) is 77.7 Å². The fourth-order valence-corrected chi connectivity index (χ4v) is 7.73. The predicted molar refractivity (Wildman–Crippen MR) is 178 cm³/mol. The van der Waals surface area contributed by atoms with E-state index in [9.17, 15) is 9.90 Å². The molecule has 0 saturated carbocycles. The van der Waals surface area contributed by atoms with E-state index in [1.54, 1.807) is 0 Å². The van der Waals surface area contributed by atoms with Gasteiger partial charge in [-0.3, -0.25) is 9.69 Å². The van der Waals surface area contributed by atoms with Gasteiger partial charge in [0.05, 0.1) is 10.9 Å². The Morgan fingerprint density at radius 1 is 1.09 bits per heavy atom. The van der Waals surface area contributed by atoms with Gasteiger partial charge in [-0.15, -0.1) is 11.8 Å². The number of hydrogen-bond donors (Lipinski definition) is 1. The summed E-state index contributed by atoms with van der Waals surface area (Å²) in [6.45, 7) is 8.06. The molecule has 224 valence electrons. The van der Waals surface area contributed by atoms with Gasteiger partial charge in [-0.25, -0.2) is 0 Å². The summed E-state index contributed by atoms with van der Waals surface area (Å²) >= 11 is 8.05. The highest BCUT2D eigenvalue weighted by atomic mass is 35.5. The summed E-state index contributed by atoms with van der Waals surface area (Å²) < 4.78 is 8.97. The van der Waals surface area contributed by atoms with Gasteiger partial charge in [0.2, 0.25) is 0 Å². The van der Waals surface area contributed by atoms with E-state index in [2.05, 4.69) is 72.0 Å². The quantitative estimate of drug-likeness (QED) is 0.206. The van der Waals surface area contributed by atoms with Crippen LogP contribution in [0.1, 0.15) is 49.6 Å². The summed E-state index contributed by atoms with van der Waals surface area (Å²) in [5.41, 5.74) is 6.33. The second-order valence-electron chi connectivity index (χ2n) is 12.6. The largest absolute Gasteiger partial charge is 0.492 e. The van der Waals surface area contributed by atoms with Crippen LogP contribution in [-0.4, -0.2) is 52.0 Å². The Morgan fingerprint density at radius 3 is 2.53 bits per heavy atom. The number of thioether (sulfide) groups is 1. The molecule has 0 saturated heterocycles. The highest BCUT2D eigenvalue weighted by Crippen LogP contribution is 2.48. The van der Waals surface area contributed by atoms with Crippen molar-refractivity contribution < 1.29 is 14.6 Å². The zero-order valence-corrected chi connectivity index (χ0v) is 26.8. The number of carboxylic acid groups (broad SMARTS) is 1. The summed E-state index contributed by atoms with van der Waals surface area (Å²) in [4.78, 5) is 15.8. The molecule has 2 unspecified atom stereocenters. The van der Waals surface area contributed by atoms with Gasteiger partial charge < -0.3 is 14.4 Å². The lowest BCUT2D eigenvalue weighted by Gasteiger charge is -2.33. The third-order valence-electron chi connectivity index (χ3n) is 8.86. The second-order valence-corrected chi connectivity index (χ2v) is 14.5. The molecular formula is C36H39ClN2O3S. The molecule has 3 aromatic carbocycles. The summed E-state index contributed by atoms with van der Waals surface area (Å²) in [5.74, 6) is 0.155. The van der Waals surface area contributed by atoms with E-state index in [-0.39, 0.29) is 0 Å². The van der Waals surface area contributed by atoms with E-state index < -0.39 is 11.4 Å². The van der Waals surface area contributed by atoms with Gasteiger partial charge in [0.1, 0.15) is 12.4 Å². The lowest BCUT2D eigenvalue weighted by molar-refractivity contribution is -0.146. The number of aromatic nitrogens is 1. The van der Waals surface area contributed by atoms with Crippen molar-refractivity contribution in [2.24, 2.45) is 5.41 Å². The van der Waals surface area contributed by atoms with Gasteiger partial charge in [0.15, 0.2) is 0 Å².